The number of hydrogen-bond donors (Lipinski definition) is 0. The van der Waals surface area contributed by atoms with Crippen molar-refractivity contribution in [2.75, 3.05) is 18.0 Å². The van der Waals surface area contributed by atoms with Crippen LogP contribution in [0.5, 0.6) is 0 Å². The Morgan fingerprint density at radius 3 is 2.73 bits per heavy atom. The molecule has 0 atom stereocenters. The summed E-state index contributed by atoms with van der Waals surface area (Å²) in [6.07, 6.45) is 7.87. The molecule has 2 aliphatic rings. The Morgan fingerprint density at radius 2 is 1.91 bits per heavy atom. The number of hydrogen-bond acceptors (Lipinski definition) is 5. The molecule has 2 aromatic rings. The molecule has 0 bridgehead atoms. The topological polar surface area (TPSA) is 63.9 Å². The van der Waals surface area contributed by atoms with Crippen molar-refractivity contribution in [2.24, 2.45) is 5.92 Å². The van der Waals surface area contributed by atoms with Gasteiger partial charge >= 0.3 is 0 Å². The molecule has 1 fully saturated rings. The first-order valence-electron chi connectivity index (χ1n) is 7.91. The van der Waals surface area contributed by atoms with Crippen LogP contribution in [0.25, 0.3) is 0 Å². The molecule has 2 aromatic heterocycles. The number of fused-ring (bicyclic) bond motifs is 1. The standard InChI is InChI=1S/C16H19N5O/c22-15-8-13-4-1-2-5-14(13)19-21(15)11-12-9-20(10-12)16-17-6-3-7-18-16/h3,6-8,12H,1-2,4-5,9-11H2. The monoisotopic (exact) mass is 297 g/mol. The van der Waals surface area contributed by atoms with E-state index in [-0.39, 0.29) is 5.56 Å². The van der Waals surface area contributed by atoms with Crippen molar-refractivity contribution in [1.82, 2.24) is 19.7 Å². The molecule has 22 heavy (non-hydrogen) atoms. The normalized spacial score (nSPS) is 17.9. The second-order valence-electron chi connectivity index (χ2n) is 6.16. The first kappa shape index (κ1) is 13.4. The van der Waals surface area contributed by atoms with Gasteiger partial charge < -0.3 is 4.90 Å². The van der Waals surface area contributed by atoms with Crippen molar-refractivity contribution in [3.8, 4) is 0 Å². The lowest BCUT2D eigenvalue weighted by molar-refractivity contribution is 0.328. The summed E-state index contributed by atoms with van der Waals surface area (Å²) in [5.41, 5.74) is 2.31. The van der Waals surface area contributed by atoms with Gasteiger partial charge in [-0.05, 0) is 37.3 Å². The Bertz CT molecular complexity index is 721. The summed E-state index contributed by atoms with van der Waals surface area (Å²) in [6, 6.07) is 3.61. The fourth-order valence-electron chi connectivity index (χ4n) is 3.28. The molecule has 6 heteroatoms. The van der Waals surface area contributed by atoms with Crippen LogP contribution in [-0.4, -0.2) is 32.8 Å². The highest BCUT2D eigenvalue weighted by Crippen LogP contribution is 2.22. The minimum Gasteiger partial charge on any atom is -0.340 e. The zero-order valence-electron chi connectivity index (χ0n) is 12.5. The van der Waals surface area contributed by atoms with Crippen LogP contribution in [0.2, 0.25) is 0 Å². The van der Waals surface area contributed by atoms with Gasteiger partial charge in [0.25, 0.3) is 5.56 Å². The fourth-order valence-corrected chi connectivity index (χ4v) is 3.28. The highest BCUT2D eigenvalue weighted by atomic mass is 16.1. The number of aryl methyl sites for hydroxylation is 2. The molecule has 0 radical (unpaired) electrons. The third-order valence-electron chi connectivity index (χ3n) is 4.50. The molecule has 6 nitrogen and oxygen atoms in total. The molecular formula is C16H19N5O. The van der Waals surface area contributed by atoms with Gasteiger partial charge in [-0.15, -0.1) is 0 Å². The Kier molecular flexibility index (Phi) is 3.36. The predicted octanol–water partition coefficient (Wildman–Crippen LogP) is 1.05. The Morgan fingerprint density at radius 1 is 1.14 bits per heavy atom. The molecule has 3 heterocycles. The summed E-state index contributed by atoms with van der Waals surface area (Å²) in [6.45, 7) is 2.46. The Balaban J connectivity index is 1.44. The van der Waals surface area contributed by atoms with E-state index < -0.39 is 0 Å². The molecule has 1 saturated heterocycles. The van der Waals surface area contributed by atoms with Gasteiger partial charge in [-0.2, -0.15) is 5.10 Å². The van der Waals surface area contributed by atoms with Gasteiger partial charge in [-0.3, -0.25) is 4.79 Å². The number of nitrogens with zero attached hydrogens (tertiary/aromatic N) is 5. The maximum Gasteiger partial charge on any atom is 0.267 e. The molecule has 1 aliphatic heterocycles. The lowest BCUT2D eigenvalue weighted by atomic mass is 9.97. The third-order valence-corrected chi connectivity index (χ3v) is 4.50. The summed E-state index contributed by atoms with van der Waals surface area (Å²) in [5, 5.41) is 4.59. The second-order valence-corrected chi connectivity index (χ2v) is 6.16. The first-order chi connectivity index (χ1) is 10.8. The molecule has 0 spiro atoms. The van der Waals surface area contributed by atoms with Crippen LogP contribution in [0.3, 0.4) is 0 Å². The van der Waals surface area contributed by atoms with Gasteiger partial charge in [-0.1, -0.05) is 0 Å². The second kappa shape index (κ2) is 5.51. The summed E-state index contributed by atoms with van der Waals surface area (Å²) in [7, 11) is 0. The number of anilines is 1. The average Bonchev–Trinajstić information content (AvgIpc) is 2.51. The minimum atomic E-state index is 0.0371. The largest absolute Gasteiger partial charge is 0.340 e. The van der Waals surface area contributed by atoms with E-state index in [9.17, 15) is 4.79 Å². The Hall–Kier alpha value is -2.24. The number of aromatic nitrogens is 4. The summed E-state index contributed by atoms with van der Waals surface area (Å²) in [5.74, 6) is 1.21. The highest BCUT2D eigenvalue weighted by molar-refractivity contribution is 5.32. The molecule has 114 valence electrons. The van der Waals surface area contributed by atoms with E-state index in [0.717, 1.165) is 43.1 Å². The van der Waals surface area contributed by atoms with E-state index in [1.165, 1.54) is 12.8 Å². The van der Waals surface area contributed by atoms with Crippen LogP contribution in [-0.2, 0) is 19.4 Å². The first-order valence-corrected chi connectivity index (χ1v) is 7.91. The Labute approximate surface area is 128 Å². The van der Waals surface area contributed by atoms with Crippen LogP contribution in [0, 0.1) is 5.92 Å². The predicted molar refractivity (Wildman–Crippen MR) is 82.9 cm³/mol. The van der Waals surface area contributed by atoms with Crippen LogP contribution < -0.4 is 10.5 Å². The third kappa shape index (κ3) is 2.49. The van der Waals surface area contributed by atoms with E-state index in [1.54, 1.807) is 23.1 Å². The van der Waals surface area contributed by atoms with Gasteiger partial charge in [0.2, 0.25) is 5.95 Å². The summed E-state index contributed by atoms with van der Waals surface area (Å²) in [4.78, 5) is 22.8. The number of rotatable bonds is 3. The smallest absolute Gasteiger partial charge is 0.267 e. The maximum atomic E-state index is 12.2. The molecule has 0 saturated carbocycles. The average molecular weight is 297 g/mol. The highest BCUT2D eigenvalue weighted by Gasteiger charge is 2.29. The quantitative estimate of drug-likeness (QED) is 0.847. The molecule has 0 aromatic carbocycles. The van der Waals surface area contributed by atoms with E-state index in [2.05, 4.69) is 20.0 Å². The van der Waals surface area contributed by atoms with Crippen LogP contribution >= 0.6 is 0 Å². The van der Waals surface area contributed by atoms with Gasteiger partial charge in [0.15, 0.2) is 0 Å². The van der Waals surface area contributed by atoms with Crippen molar-refractivity contribution in [3.05, 3.63) is 46.1 Å². The van der Waals surface area contributed by atoms with Crippen molar-refractivity contribution < 1.29 is 0 Å². The van der Waals surface area contributed by atoms with Crippen LogP contribution in [0.1, 0.15) is 24.1 Å². The SMILES string of the molecule is O=c1cc2c(nn1CC1CN(c3ncccn3)C1)CCCC2. The van der Waals surface area contributed by atoms with Gasteiger partial charge in [0.05, 0.1) is 12.2 Å². The zero-order chi connectivity index (χ0) is 14.9. The summed E-state index contributed by atoms with van der Waals surface area (Å²) >= 11 is 0. The van der Waals surface area contributed by atoms with E-state index in [0.29, 0.717) is 12.5 Å². The van der Waals surface area contributed by atoms with Gasteiger partial charge in [0, 0.05) is 37.5 Å². The van der Waals surface area contributed by atoms with Crippen LogP contribution in [0.15, 0.2) is 29.3 Å². The molecule has 0 N–H and O–H groups in total. The van der Waals surface area contributed by atoms with Crippen molar-refractivity contribution >= 4 is 5.95 Å². The summed E-state index contributed by atoms with van der Waals surface area (Å²) < 4.78 is 1.65. The zero-order valence-corrected chi connectivity index (χ0v) is 12.5. The fraction of sp³-hybridized carbons (Fsp3) is 0.500. The minimum absolute atomic E-state index is 0.0371. The molecule has 1 aliphatic carbocycles. The molecular weight excluding hydrogens is 278 g/mol. The van der Waals surface area contributed by atoms with E-state index in [1.807, 2.05) is 6.07 Å². The maximum absolute atomic E-state index is 12.2. The lowest BCUT2D eigenvalue weighted by Gasteiger charge is -2.39. The van der Waals surface area contributed by atoms with Gasteiger partial charge in [-0.25, -0.2) is 14.6 Å². The van der Waals surface area contributed by atoms with Gasteiger partial charge in [0.1, 0.15) is 0 Å². The van der Waals surface area contributed by atoms with Crippen molar-refractivity contribution in [3.63, 3.8) is 0 Å². The van der Waals surface area contributed by atoms with E-state index in [4.69, 9.17) is 0 Å². The molecule has 0 amide bonds. The molecule has 4 rings (SSSR count). The molecule has 0 unspecified atom stereocenters. The van der Waals surface area contributed by atoms with Crippen molar-refractivity contribution in [1.29, 1.82) is 0 Å². The lowest BCUT2D eigenvalue weighted by Crippen LogP contribution is -2.50. The van der Waals surface area contributed by atoms with Crippen molar-refractivity contribution in [2.45, 2.75) is 32.2 Å². The van der Waals surface area contributed by atoms with Crippen LogP contribution in [0.4, 0.5) is 5.95 Å². The van der Waals surface area contributed by atoms with E-state index >= 15 is 0 Å².